The zero-order valence-electron chi connectivity index (χ0n) is 13.9. The van der Waals surface area contributed by atoms with Crippen molar-refractivity contribution in [1.82, 2.24) is 20.1 Å². The van der Waals surface area contributed by atoms with E-state index >= 15 is 0 Å². The Morgan fingerprint density at radius 2 is 2.28 bits per heavy atom. The van der Waals surface area contributed by atoms with Gasteiger partial charge >= 0.3 is 0 Å². The Kier molecular flexibility index (Phi) is 5.39. The van der Waals surface area contributed by atoms with Crippen LogP contribution in [-0.2, 0) is 4.79 Å². The van der Waals surface area contributed by atoms with Crippen molar-refractivity contribution in [3.8, 4) is 11.4 Å². The number of carbonyl (C=O) groups is 1. The Labute approximate surface area is 149 Å². The second kappa shape index (κ2) is 7.89. The van der Waals surface area contributed by atoms with E-state index in [2.05, 4.69) is 15.5 Å². The topological polar surface area (TPSA) is 82.2 Å². The lowest BCUT2D eigenvalue weighted by Crippen LogP contribution is -2.28. The van der Waals surface area contributed by atoms with E-state index in [1.165, 1.54) is 11.8 Å². The number of benzene rings is 1. The SMILES string of the molecule is COc1cccc(-n2cnnc2SCC(=O)N[C@H](C)c2ccco2)c1. The maximum absolute atomic E-state index is 12.1. The van der Waals surface area contributed by atoms with E-state index in [9.17, 15) is 4.79 Å². The number of aromatic nitrogens is 3. The summed E-state index contributed by atoms with van der Waals surface area (Å²) in [6.07, 6.45) is 3.20. The summed E-state index contributed by atoms with van der Waals surface area (Å²) in [7, 11) is 1.62. The second-order valence-electron chi connectivity index (χ2n) is 5.28. The first-order chi connectivity index (χ1) is 12.2. The van der Waals surface area contributed by atoms with Crippen LogP contribution in [0.15, 0.2) is 58.6 Å². The molecule has 1 atom stereocenters. The molecule has 7 nitrogen and oxygen atoms in total. The van der Waals surface area contributed by atoms with Gasteiger partial charge in [-0.3, -0.25) is 9.36 Å². The molecule has 0 spiro atoms. The molecule has 0 saturated carbocycles. The number of amides is 1. The summed E-state index contributed by atoms with van der Waals surface area (Å²) in [5.41, 5.74) is 0.871. The molecule has 0 saturated heterocycles. The normalized spacial score (nSPS) is 11.9. The number of thioether (sulfide) groups is 1. The highest BCUT2D eigenvalue weighted by Crippen LogP contribution is 2.22. The highest BCUT2D eigenvalue weighted by molar-refractivity contribution is 7.99. The fourth-order valence-electron chi connectivity index (χ4n) is 2.28. The second-order valence-corrected chi connectivity index (χ2v) is 6.22. The molecule has 0 aliphatic rings. The molecule has 1 amide bonds. The lowest BCUT2D eigenvalue weighted by atomic mass is 10.2. The Bertz CT molecular complexity index is 832. The zero-order valence-corrected chi connectivity index (χ0v) is 14.7. The monoisotopic (exact) mass is 358 g/mol. The van der Waals surface area contributed by atoms with Crippen LogP contribution in [-0.4, -0.2) is 33.5 Å². The van der Waals surface area contributed by atoms with Gasteiger partial charge in [0, 0.05) is 6.07 Å². The summed E-state index contributed by atoms with van der Waals surface area (Å²) in [6.45, 7) is 1.88. The molecule has 0 aliphatic carbocycles. The lowest BCUT2D eigenvalue weighted by molar-refractivity contribution is -0.119. The third kappa shape index (κ3) is 4.21. The van der Waals surface area contributed by atoms with E-state index in [4.69, 9.17) is 9.15 Å². The summed E-state index contributed by atoms with van der Waals surface area (Å²) in [4.78, 5) is 12.1. The molecule has 3 aromatic rings. The first-order valence-corrected chi connectivity index (χ1v) is 8.66. The highest BCUT2D eigenvalue weighted by Gasteiger charge is 2.14. The van der Waals surface area contributed by atoms with Gasteiger partial charge < -0.3 is 14.5 Å². The van der Waals surface area contributed by atoms with Gasteiger partial charge in [-0.15, -0.1) is 10.2 Å². The molecule has 2 heterocycles. The Hall–Kier alpha value is -2.74. The van der Waals surface area contributed by atoms with Crippen LogP contribution in [0.4, 0.5) is 0 Å². The number of furan rings is 1. The molecule has 0 fully saturated rings. The van der Waals surface area contributed by atoms with E-state index < -0.39 is 0 Å². The first-order valence-electron chi connectivity index (χ1n) is 7.67. The van der Waals surface area contributed by atoms with Crippen LogP contribution in [0.2, 0.25) is 0 Å². The number of nitrogens with one attached hydrogen (secondary N) is 1. The number of hydrogen-bond donors (Lipinski definition) is 1. The van der Waals surface area contributed by atoms with Crippen LogP contribution in [0.1, 0.15) is 18.7 Å². The molecule has 25 heavy (non-hydrogen) atoms. The van der Waals surface area contributed by atoms with E-state index in [-0.39, 0.29) is 17.7 Å². The van der Waals surface area contributed by atoms with Crippen molar-refractivity contribution < 1.29 is 13.9 Å². The number of hydrogen-bond acceptors (Lipinski definition) is 6. The number of methoxy groups -OCH3 is 1. The number of ether oxygens (including phenoxy) is 1. The predicted molar refractivity (Wildman–Crippen MR) is 93.9 cm³/mol. The predicted octanol–water partition coefficient (Wildman–Crippen LogP) is 2.84. The summed E-state index contributed by atoms with van der Waals surface area (Å²) < 4.78 is 12.3. The zero-order chi connectivity index (χ0) is 17.6. The average Bonchev–Trinajstić information content (AvgIpc) is 3.31. The number of nitrogens with zero attached hydrogens (tertiary/aromatic N) is 3. The summed E-state index contributed by atoms with van der Waals surface area (Å²) in [6, 6.07) is 11.0. The van der Waals surface area contributed by atoms with E-state index in [0.717, 1.165) is 17.2 Å². The lowest BCUT2D eigenvalue weighted by Gasteiger charge is -2.11. The molecule has 1 aromatic carbocycles. The van der Waals surface area contributed by atoms with E-state index in [0.29, 0.717) is 5.16 Å². The summed E-state index contributed by atoms with van der Waals surface area (Å²) in [5, 5.41) is 11.5. The molecule has 130 valence electrons. The van der Waals surface area contributed by atoms with Gasteiger partial charge in [-0.1, -0.05) is 17.8 Å². The van der Waals surface area contributed by atoms with E-state index in [1.54, 1.807) is 25.8 Å². The molecular weight excluding hydrogens is 340 g/mol. The fourth-order valence-corrected chi connectivity index (χ4v) is 3.02. The maximum atomic E-state index is 12.1. The molecule has 0 radical (unpaired) electrons. The third-order valence-corrected chi connectivity index (χ3v) is 4.47. The van der Waals surface area contributed by atoms with Gasteiger partial charge in [-0.2, -0.15) is 0 Å². The minimum atomic E-state index is -0.181. The minimum Gasteiger partial charge on any atom is -0.497 e. The molecule has 0 unspecified atom stereocenters. The van der Waals surface area contributed by atoms with Crippen LogP contribution >= 0.6 is 11.8 Å². The first kappa shape index (κ1) is 17.1. The van der Waals surface area contributed by atoms with Crippen LogP contribution in [0.5, 0.6) is 5.75 Å². The van der Waals surface area contributed by atoms with Crippen LogP contribution in [0, 0.1) is 0 Å². The van der Waals surface area contributed by atoms with Crippen molar-refractivity contribution in [3.05, 3.63) is 54.7 Å². The van der Waals surface area contributed by atoms with Gasteiger partial charge in [0.05, 0.1) is 30.9 Å². The molecule has 0 bridgehead atoms. The van der Waals surface area contributed by atoms with E-state index in [1.807, 2.05) is 41.8 Å². The van der Waals surface area contributed by atoms with Crippen molar-refractivity contribution in [2.45, 2.75) is 18.1 Å². The molecule has 3 rings (SSSR count). The molecule has 0 aliphatic heterocycles. The molecule has 8 heteroatoms. The largest absolute Gasteiger partial charge is 0.497 e. The summed E-state index contributed by atoms with van der Waals surface area (Å²) >= 11 is 1.32. The van der Waals surface area contributed by atoms with Gasteiger partial charge in [-0.25, -0.2) is 0 Å². The smallest absolute Gasteiger partial charge is 0.231 e. The Morgan fingerprint density at radius 3 is 3.04 bits per heavy atom. The van der Waals surface area contributed by atoms with Gasteiger partial charge in [0.15, 0.2) is 5.16 Å². The van der Waals surface area contributed by atoms with Gasteiger partial charge in [0.25, 0.3) is 0 Å². The van der Waals surface area contributed by atoms with Gasteiger partial charge in [0.1, 0.15) is 17.8 Å². The minimum absolute atomic E-state index is 0.103. The maximum Gasteiger partial charge on any atom is 0.231 e. The standard InChI is InChI=1S/C17H18N4O3S/c1-12(15-7-4-8-24-15)19-16(22)10-25-17-20-18-11-21(17)13-5-3-6-14(9-13)23-2/h3-9,11-12H,10H2,1-2H3,(H,19,22)/t12-/m1/s1. The summed E-state index contributed by atoms with van der Waals surface area (Å²) in [5.74, 6) is 1.59. The average molecular weight is 358 g/mol. The molecular formula is C17H18N4O3S. The number of carbonyl (C=O) groups excluding carboxylic acids is 1. The van der Waals surface area contributed by atoms with Gasteiger partial charge in [0.2, 0.25) is 5.91 Å². The van der Waals surface area contributed by atoms with Crippen molar-refractivity contribution in [3.63, 3.8) is 0 Å². The molecule has 2 aromatic heterocycles. The van der Waals surface area contributed by atoms with Crippen LogP contribution in [0.3, 0.4) is 0 Å². The fraction of sp³-hybridized carbons (Fsp3) is 0.235. The van der Waals surface area contributed by atoms with Gasteiger partial charge in [-0.05, 0) is 31.2 Å². The quantitative estimate of drug-likeness (QED) is 0.654. The van der Waals surface area contributed by atoms with Crippen molar-refractivity contribution >= 4 is 17.7 Å². The highest BCUT2D eigenvalue weighted by atomic mass is 32.2. The van der Waals surface area contributed by atoms with Crippen molar-refractivity contribution in [2.75, 3.05) is 12.9 Å². The van der Waals surface area contributed by atoms with Crippen molar-refractivity contribution in [2.24, 2.45) is 0 Å². The Morgan fingerprint density at radius 1 is 1.40 bits per heavy atom. The van der Waals surface area contributed by atoms with Crippen LogP contribution in [0.25, 0.3) is 5.69 Å². The van der Waals surface area contributed by atoms with Crippen molar-refractivity contribution in [1.29, 1.82) is 0 Å². The Balaban J connectivity index is 1.62. The number of rotatable bonds is 7. The molecule has 1 N–H and O–H groups in total. The third-order valence-electron chi connectivity index (χ3n) is 3.53. The van der Waals surface area contributed by atoms with Crippen LogP contribution < -0.4 is 10.1 Å².